The average Bonchev–Trinajstić information content (AvgIpc) is 3.12. The quantitative estimate of drug-likeness (QED) is 0.593. The summed E-state index contributed by atoms with van der Waals surface area (Å²) in [7, 11) is 3.12. The van der Waals surface area contributed by atoms with Crippen LogP contribution in [0.4, 0.5) is 5.82 Å². The van der Waals surface area contributed by atoms with E-state index in [2.05, 4.69) is 4.98 Å². The van der Waals surface area contributed by atoms with E-state index in [0.717, 1.165) is 12.8 Å². The molecule has 1 aliphatic carbocycles. The van der Waals surface area contributed by atoms with Gasteiger partial charge in [-0.1, -0.05) is 0 Å². The highest BCUT2D eigenvalue weighted by Crippen LogP contribution is 2.30. The SMILES string of the molecule is CN(C)C(=O)c1nc([N+](=O)[O-])ccc1OC1CC1. The predicted octanol–water partition coefficient (Wildman–Crippen LogP) is 1.23. The van der Waals surface area contributed by atoms with Gasteiger partial charge in [0.15, 0.2) is 5.75 Å². The molecule has 0 aliphatic heterocycles. The van der Waals surface area contributed by atoms with Crippen LogP contribution in [-0.2, 0) is 0 Å². The van der Waals surface area contributed by atoms with E-state index in [0.29, 0.717) is 5.75 Å². The van der Waals surface area contributed by atoms with Gasteiger partial charge < -0.3 is 19.8 Å². The summed E-state index contributed by atoms with van der Waals surface area (Å²) in [6, 6.07) is 2.67. The van der Waals surface area contributed by atoms with Crippen molar-refractivity contribution in [3.63, 3.8) is 0 Å². The maximum atomic E-state index is 11.9. The molecule has 0 bridgehead atoms. The van der Waals surface area contributed by atoms with Crippen molar-refractivity contribution in [2.45, 2.75) is 18.9 Å². The predicted molar refractivity (Wildman–Crippen MR) is 62.6 cm³/mol. The molecule has 1 fully saturated rings. The Morgan fingerprint density at radius 2 is 2.17 bits per heavy atom. The Labute approximate surface area is 104 Å². The molecule has 18 heavy (non-hydrogen) atoms. The lowest BCUT2D eigenvalue weighted by molar-refractivity contribution is -0.389. The largest absolute Gasteiger partial charge is 0.486 e. The molecule has 0 saturated heterocycles. The molecule has 0 aromatic carbocycles. The van der Waals surface area contributed by atoms with Crippen molar-refractivity contribution in [1.82, 2.24) is 9.88 Å². The van der Waals surface area contributed by atoms with E-state index in [4.69, 9.17) is 4.74 Å². The molecule has 1 aliphatic rings. The highest BCUT2D eigenvalue weighted by Gasteiger charge is 2.30. The van der Waals surface area contributed by atoms with Gasteiger partial charge in [-0.05, 0) is 28.8 Å². The highest BCUT2D eigenvalue weighted by atomic mass is 16.6. The smallest absolute Gasteiger partial charge is 0.364 e. The standard InChI is InChI=1S/C11H13N3O4/c1-13(2)11(15)10-8(18-7-3-4-7)5-6-9(12-10)14(16)17/h5-7H,3-4H2,1-2H3. The zero-order valence-electron chi connectivity index (χ0n) is 10.1. The maximum Gasteiger partial charge on any atom is 0.364 e. The van der Waals surface area contributed by atoms with Crippen LogP contribution >= 0.6 is 0 Å². The van der Waals surface area contributed by atoms with Crippen LogP contribution in [0.1, 0.15) is 23.3 Å². The fourth-order valence-electron chi connectivity index (χ4n) is 1.36. The molecular weight excluding hydrogens is 238 g/mol. The third kappa shape index (κ3) is 2.55. The van der Waals surface area contributed by atoms with Crippen LogP contribution in [0.2, 0.25) is 0 Å². The number of carbonyl (C=O) groups is 1. The minimum atomic E-state index is -0.632. The summed E-state index contributed by atoms with van der Waals surface area (Å²) < 4.78 is 5.53. The van der Waals surface area contributed by atoms with E-state index in [1.807, 2.05) is 0 Å². The summed E-state index contributed by atoms with van der Waals surface area (Å²) in [4.78, 5) is 27.0. The number of aromatic nitrogens is 1. The summed E-state index contributed by atoms with van der Waals surface area (Å²) in [5, 5.41) is 10.7. The molecule has 1 heterocycles. The molecule has 7 nitrogen and oxygen atoms in total. The minimum Gasteiger partial charge on any atom is -0.486 e. The first-order valence-corrected chi connectivity index (χ1v) is 5.53. The second-order valence-electron chi connectivity index (χ2n) is 4.29. The van der Waals surface area contributed by atoms with Crippen molar-refractivity contribution < 1.29 is 14.5 Å². The van der Waals surface area contributed by atoms with E-state index in [1.165, 1.54) is 17.0 Å². The van der Waals surface area contributed by atoms with Gasteiger partial charge in [0.1, 0.15) is 0 Å². The van der Waals surface area contributed by atoms with E-state index in [1.54, 1.807) is 14.1 Å². The van der Waals surface area contributed by atoms with Gasteiger partial charge in [-0.3, -0.25) is 4.79 Å². The number of nitro groups is 1. The molecule has 0 N–H and O–H groups in total. The lowest BCUT2D eigenvalue weighted by Gasteiger charge is -2.10. The van der Waals surface area contributed by atoms with Crippen LogP contribution in [0, 0.1) is 10.1 Å². The third-order valence-corrected chi connectivity index (χ3v) is 2.46. The topological polar surface area (TPSA) is 85.6 Å². The van der Waals surface area contributed by atoms with Crippen molar-refractivity contribution >= 4 is 11.7 Å². The molecule has 0 radical (unpaired) electrons. The number of nitrogens with zero attached hydrogens (tertiary/aromatic N) is 3. The summed E-state index contributed by atoms with van der Waals surface area (Å²) in [5.41, 5.74) is -0.0129. The van der Waals surface area contributed by atoms with Crippen LogP contribution in [0.3, 0.4) is 0 Å². The Morgan fingerprint density at radius 3 is 2.67 bits per heavy atom. The van der Waals surface area contributed by atoms with E-state index >= 15 is 0 Å². The Bertz CT molecular complexity index is 497. The first-order chi connectivity index (χ1) is 8.49. The van der Waals surface area contributed by atoms with E-state index < -0.39 is 10.8 Å². The molecule has 0 atom stereocenters. The molecule has 96 valence electrons. The Kier molecular flexibility index (Phi) is 3.14. The lowest BCUT2D eigenvalue weighted by Crippen LogP contribution is -2.24. The Hall–Kier alpha value is -2.18. The monoisotopic (exact) mass is 251 g/mol. The molecule has 1 amide bonds. The molecule has 1 saturated carbocycles. The maximum absolute atomic E-state index is 11.9. The Balaban J connectivity index is 2.38. The molecule has 0 spiro atoms. The molecule has 1 aromatic heterocycles. The fourth-order valence-corrected chi connectivity index (χ4v) is 1.36. The normalized spacial score (nSPS) is 14.1. The number of carbonyl (C=O) groups excluding carboxylic acids is 1. The molecular formula is C11H13N3O4. The summed E-state index contributed by atoms with van der Waals surface area (Å²) >= 11 is 0. The summed E-state index contributed by atoms with van der Waals surface area (Å²) in [6.07, 6.45) is 1.97. The number of hydrogen-bond donors (Lipinski definition) is 0. The number of hydrogen-bond acceptors (Lipinski definition) is 5. The number of rotatable bonds is 4. The van der Waals surface area contributed by atoms with Gasteiger partial charge >= 0.3 is 11.7 Å². The minimum absolute atomic E-state index is 0.0129. The van der Waals surface area contributed by atoms with Crippen molar-refractivity contribution in [3.8, 4) is 5.75 Å². The van der Waals surface area contributed by atoms with Crippen LogP contribution in [0.25, 0.3) is 0 Å². The highest BCUT2D eigenvalue weighted by molar-refractivity contribution is 5.94. The molecule has 1 aromatic rings. The van der Waals surface area contributed by atoms with Gasteiger partial charge in [-0.15, -0.1) is 0 Å². The second kappa shape index (κ2) is 4.59. The molecule has 2 rings (SSSR count). The summed E-state index contributed by atoms with van der Waals surface area (Å²) in [6.45, 7) is 0. The van der Waals surface area contributed by atoms with Crippen LogP contribution in [0.5, 0.6) is 5.75 Å². The lowest BCUT2D eigenvalue weighted by atomic mass is 10.3. The first kappa shape index (κ1) is 12.3. The number of pyridine rings is 1. The van der Waals surface area contributed by atoms with Crippen molar-refractivity contribution in [2.75, 3.05) is 14.1 Å². The van der Waals surface area contributed by atoms with Gasteiger partial charge in [-0.2, -0.15) is 0 Å². The van der Waals surface area contributed by atoms with Gasteiger partial charge in [0, 0.05) is 20.2 Å². The Morgan fingerprint density at radius 1 is 1.50 bits per heavy atom. The second-order valence-corrected chi connectivity index (χ2v) is 4.29. The van der Waals surface area contributed by atoms with E-state index in [9.17, 15) is 14.9 Å². The first-order valence-electron chi connectivity index (χ1n) is 5.53. The zero-order valence-corrected chi connectivity index (χ0v) is 10.1. The van der Waals surface area contributed by atoms with E-state index in [-0.39, 0.29) is 17.6 Å². The molecule has 0 unspecified atom stereocenters. The van der Waals surface area contributed by atoms with Crippen molar-refractivity contribution in [2.24, 2.45) is 0 Å². The van der Waals surface area contributed by atoms with Crippen LogP contribution in [0.15, 0.2) is 12.1 Å². The zero-order chi connectivity index (χ0) is 13.3. The van der Waals surface area contributed by atoms with Gasteiger partial charge in [0.2, 0.25) is 0 Å². The van der Waals surface area contributed by atoms with Crippen molar-refractivity contribution in [1.29, 1.82) is 0 Å². The van der Waals surface area contributed by atoms with Gasteiger partial charge in [0.25, 0.3) is 5.69 Å². The number of ether oxygens (including phenoxy) is 1. The van der Waals surface area contributed by atoms with Crippen LogP contribution in [-0.4, -0.2) is 40.9 Å². The fraction of sp³-hybridized carbons (Fsp3) is 0.455. The number of amides is 1. The van der Waals surface area contributed by atoms with Gasteiger partial charge in [0.05, 0.1) is 6.10 Å². The summed E-state index contributed by atoms with van der Waals surface area (Å²) in [5.74, 6) is -0.459. The molecule has 7 heteroatoms. The van der Waals surface area contributed by atoms with Crippen molar-refractivity contribution in [3.05, 3.63) is 27.9 Å². The van der Waals surface area contributed by atoms with Gasteiger partial charge in [-0.25, -0.2) is 0 Å². The van der Waals surface area contributed by atoms with Crippen LogP contribution < -0.4 is 4.74 Å². The average molecular weight is 251 g/mol. The third-order valence-electron chi connectivity index (χ3n) is 2.46.